The molecule has 0 unspecified atom stereocenters. The van der Waals surface area contributed by atoms with Gasteiger partial charge < -0.3 is 4.42 Å². The third kappa shape index (κ3) is 2.43. The van der Waals surface area contributed by atoms with Gasteiger partial charge in [0.25, 0.3) is 5.69 Å². The average Bonchev–Trinajstić information content (AvgIpc) is 2.77. The number of rotatable bonds is 3. The molecule has 0 saturated heterocycles. The molecule has 0 amide bonds. The number of nitro benzene ring substituents is 1. The number of hydrogen-bond donors (Lipinski definition) is 0. The van der Waals surface area contributed by atoms with E-state index in [4.69, 9.17) is 27.6 Å². The summed E-state index contributed by atoms with van der Waals surface area (Å²) in [5.41, 5.74) is 0.295. The quantitative estimate of drug-likeness (QED) is 0.477. The van der Waals surface area contributed by atoms with Gasteiger partial charge in [-0.3, -0.25) is 10.1 Å². The molecule has 0 aliphatic heterocycles. The van der Waals surface area contributed by atoms with Gasteiger partial charge in [-0.05, 0) is 24.3 Å². The van der Waals surface area contributed by atoms with Crippen molar-refractivity contribution in [1.82, 2.24) is 0 Å². The molecule has 0 bridgehead atoms. The molecule has 0 aliphatic carbocycles. The van der Waals surface area contributed by atoms with E-state index in [1.807, 2.05) is 0 Å². The predicted octanol–water partition coefficient (Wildman–Crippen LogP) is 4.25. The zero-order chi connectivity index (χ0) is 12.4. The highest BCUT2D eigenvalue weighted by molar-refractivity contribution is 6.30. The smallest absolute Gasteiger partial charge is 0.281 e. The lowest BCUT2D eigenvalue weighted by atomic mass is 10.1. The molecule has 2 rings (SSSR count). The van der Waals surface area contributed by atoms with Gasteiger partial charge in [-0.1, -0.05) is 11.6 Å². The van der Waals surface area contributed by atoms with Crippen LogP contribution in [0.2, 0.25) is 5.02 Å². The van der Waals surface area contributed by atoms with E-state index in [2.05, 4.69) is 0 Å². The van der Waals surface area contributed by atoms with Crippen LogP contribution in [0.5, 0.6) is 0 Å². The molecule has 4 nitrogen and oxygen atoms in total. The molecule has 0 N–H and O–H groups in total. The zero-order valence-electron chi connectivity index (χ0n) is 8.52. The fourth-order valence-electron chi connectivity index (χ4n) is 1.46. The van der Waals surface area contributed by atoms with Gasteiger partial charge in [0.2, 0.25) is 0 Å². The van der Waals surface area contributed by atoms with Crippen molar-refractivity contribution in [2.24, 2.45) is 0 Å². The van der Waals surface area contributed by atoms with Crippen molar-refractivity contribution in [3.05, 3.63) is 51.2 Å². The van der Waals surface area contributed by atoms with Gasteiger partial charge in [-0.25, -0.2) is 0 Å². The Bertz CT molecular complexity index is 566. The number of nitrogens with zero attached hydrogens (tertiary/aromatic N) is 1. The summed E-state index contributed by atoms with van der Waals surface area (Å²) in [5.74, 6) is 1.19. The van der Waals surface area contributed by atoms with Crippen LogP contribution in [0.4, 0.5) is 5.69 Å². The van der Waals surface area contributed by atoms with E-state index in [9.17, 15) is 10.1 Å². The number of halogens is 2. The highest BCUT2D eigenvalue weighted by atomic mass is 35.5. The van der Waals surface area contributed by atoms with Crippen LogP contribution >= 0.6 is 23.2 Å². The van der Waals surface area contributed by atoms with Crippen molar-refractivity contribution in [2.75, 3.05) is 0 Å². The van der Waals surface area contributed by atoms with E-state index >= 15 is 0 Å². The average molecular weight is 272 g/mol. The van der Waals surface area contributed by atoms with Crippen LogP contribution in [0.15, 0.2) is 34.7 Å². The second-order valence-corrected chi connectivity index (χ2v) is 4.02. The van der Waals surface area contributed by atoms with Crippen molar-refractivity contribution in [2.45, 2.75) is 5.88 Å². The lowest BCUT2D eigenvalue weighted by Crippen LogP contribution is -1.91. The summed E-state index contributed by atoms with van der Waals surface area (Å²) >= 11 is 11.3. The van der Waals surface area contributed by atoms with Gasteiger partial charge in [0, 0.05) is 11.1 Å². The summed E-state index contributed by atoms with van der Waals surface area (Å²) in [7, 11) is 0. The first-order chi connectivity index (χ1) is 8.11. The lowest BCUT2D eigenvalue weighted by molar-refractivity contribution is -0.384. The number of furan rings is 1. The van der Waals surface area contributed by atoms with Crippen molar-refractivity contribution in [3.63, 3.8) is 0 Å². The van der Waals surface area contributed by atoms with Crippen molar-refractivity contribution < 1.29 is 9.34 Å². The Morgan fingerprint density at radius 1 is 1.29 bits per heavy atom. The summed E-state index contributed by atoms with van der Waals surface area (Å²) in [6.07, 6.45) is 0. The lowest BCUT2D eigenvalue weighted by Gasteiger charge is -2.00. The van der Waals surface area contributed by atoms with Crippen LogP contribution < -0.4 is 0 Å². The highest BCUT2D eigenvalue weighted by Gasteiger charge is 2.18. The topological polar surface area (TPSA) is 56.3 Å². The monoisotopic (exact) mass is 271 g/mol. The van der Waals surface area contributed by atoms with E-state index < -0.39 is 4.92 Å². The van der Waals surface area contributed by atoms with E-state index in [0.29, 0.717) is 22.1 Å². The maximum absolute atomic E-state index is 10.9. The molecule has 0 fully saturated rings. The standard InChI is InChI=1S/C11H7Cl2NO3/c12-6-8-2-4-11(17-8)9-3-1-7(13)5-10(9)14(15)16/h1-5H,6H2. The predicted molar refractivity (Wildman–Crippen MR) is 65.4 cm³/mol. The molecule has 0 saturated carbocycles. The third-order valence-corrected chi connectivity index (χ3v) is 2.71. The normalized spacial score (nSPS) is 10.5. The van der Waals surface area contributed by atoms with Gasteiger partial charge in [0.1, 0.15) is 11.5 Å². The molecule has 2 aromatic rings. The summed E-state index contributed by atoms with van der Waals surface area (Å²) in [6.45, 7) is 0. The Morgan fingerprint density at radius 3 is 2.65 bits per heavy atom. The van der Waals surface area contributed by atoms with Crippen molar-refractivity contribution >= 4 is 28.9 Å². The minimum absolute atomic E-state index is 0.0898. The zero-order valence-corrected chi connectivity index (χ0v) is 10.0. The van der Waals surface area contributed by atoms with Crippen LogP contribution in [0.1, 0.15) is 5.76 Å². The fourth-order valence-corrected chi connectivity index (χ4v) is 1.77. The van der Waals surface area contributed by atoms with Crippen molar-refractivity contribution in [3.8, 4) is 11.3 Å². The SMILES string of the molecule is O=[N+]([O-])c1cc(Cl)ccc1-c1ccc(CCl)o1. The Kier molecular flexibility index (Phi) is 3.36. The molecule has 0 aliphatic rings. The molecule has 1 aromatic carbocycles. The minimum atomic E-state index is -0.496. The van der Waals surface area contributed by atoms with Gasteiger partial charge in [-0.2, -0.15) is 0 Å². The van der Waals surface area contributed by atoms with Crippen LogP contribution in [0.3, 0.4) is 0 Å². The van der Waals surface area contributed by atoms with Gasteiger partial charge in [0.15, 0.2) is 0 Å². The summed E-state index contributed by atoms with van der Waals surface area (Å²) in [5, 5.41) is 11.2. The van der Waals surface area contributed by atoms with Crippen molar-refractivity contribution in [1.29, 1.82) is 0 Å². The van der Waals surface area contributed by atoms with Gasteiger partial charge >= 0.3 is 0 Å². The van der Waals surface area contributed by atoms with E-state index in [1.54, 1.807) is 24.3 Å². The molecular formula is C11H7Cl2NO3. The molecule has 0 spiro atoms. The van der Waals surface area contributed by atoms with Crippen LogP contribution in [-0.4, -0.2) is 4.92 Å². The fraction of sp³-hybridized carbons (Fsp3) is 0.0909. The van der Waals surface area contributed by atoms with Gasteiger partial charge in [0.05, 0.1) is 16.4 Å². The molecule has 17 heavy (non-hydrogen) atoms. The Morgan fingerprint density at radius 2 is 2.06 bits per heavy atom. The molecule has 1 heterocycles. The highest BCUT2D eigenvalue weighted by Crippen LogP contribution is 2.33. The van der Waals surface area contributed by atoms with Crippen LogP contribution in [0.25, 0.3) is 11.3 Å². The number of hydrogen-bond acceptors (Lipinski definition) is 3. The maximum Gasteiger partial charge on any atom is 0.281 e. The summed E-state index contributed by atoms with van der Waals surface area (Å²) in [4.78, 5) is 10.4. The molecule has 88 valence electrons. The minimum Gasteiger partial charge on any atom is -0.460 e. The maximum atomic E-state index is 10.9. The summed E-state index contributed by atoms with van der Waals surface area (Å²) in [6, 6.07) is 7.75. The Labute approximate surface area is 107 Å². The first kappa shape index (κ1) is 12.0. The Hall–Kier alpha value is -1.52. The van der Waals surface area contributed by atoms with E-state index in [0.717, 1.165) is 0 Å². The second-order valence-electron chi connectivity index (χ2n) is 3.32. The molecule has 1 aromatic heterocycles. The van der Waals surface area contributed by atoms with E-state index in [-0.39, 0.29) is 11.6 Å². The summed E-state index contributed by atoms with van der Waals surface area (Å²) < 4.78 is 5.37. The number of alkyl halides is 1. The molecule has 0 radical (unpaired) electrons. The number of benzene rings is 1. The third-order valence-electron chi connectivity index (χ3n) is 2.22. The Balaban J connectivity index is 2.54. The molecule has 6 heteroatoms. The van der Waals surface area contributed by atoms with Crippen LogP contribution in [-0.2, 0) is 5.88 Å². The molecule has 0 atom stereocenters. The van der Waals surface area contributed by atoms with Crippen LogP contribution in [0, 0.1) is 10.1 Å². The first-order valence-electron chi connectivity index (χ1n) is 4.71. The second kappa shape index (κ2) is 4.77. The number of nitro groups is 1. The first-order valence-corrected chi connectivity index (χ1v) is 5.62. The van der Waals surface area contributed by atoms with E-state index in [1.165, 1.54) is 6.07 Å². The molecular weight excluding hydrogens is 265 g/mol. The van der Waals surface area contributed by atoms with Gasteiger partial charge in [-0.15, -0.1) is 11.6 Å². The largest absolute Gasteiger partial charge is 0.460 e.